The lowest BCUT2D eigenvalue weighted by atomic mass is 10.1. The first-order valence-electron chi connectivity index (χ1n) is 4.87. The van der Waals surface area contributed by atoms with Crippen LogP contribution in [0.25, 0.3) is 0 Å². The Kier molecular flexibility index (Phi) is 4.44. The molecule has 1 aromatic carbocycles. The molecule has 0 bridgehead atoms. The van der Waals surface area contributed by atoms with Crippen molar-refractivity contribution in [2.45, 2.75) is 13.8 Å². The minimum absolute atomic E-state index is 0.0642. The van der Waals surface area contributed by atoms with Gasteiger partial charge in [-0.1, -0.05) is 35.0 Å². The lowest BCUT2D eigenvalue weighted by Crippen LogP contribution is -2.27. The van der Waals surface area contributed by atoms with Crippen LogP contribution in [0.4, 0.5) is 9.18 Å². The number of carbonyl (C=O) groups excluding carboxylic acids is 1. The average molecular weight is 224 g/mol. The zero-order valence-electron chi connectivity index (χ0n) is 9.16. The summed E-state index contributed by atoms with van der Waals surface area (Å²) in [4.78, 5) is 15.1. The van der Waals surface area contributed by atoms with E-state index < -0.39 is 6.16 Å². The highest BCUT2D eigenvalue weighted by Crippen LogP contribution is 2.04. The van der Waals surface area contributed by atoms with Crippen molar-refractivity contribution in [1.29, 1.82) is 0 Å². The first-order chi connectivity index (χ1) is 7.63. The minimum Gasteiger partial charge on any atom is -0.394 e. The van der Waals surface area contributed by atoms with Gasteiger partial charge >= 0.3 is 6.16 Å². The Labute approximate surface area is 93.1 Å². The number of nitrogens with zero attached hydrogens (tertiary/aromatic N) is 1. The van der Waals surface area contributed by atoms with Crippen LogP contribution in [0.1, 0.15) is 18.1 Å². The van der Waals surface area contributed by atoms with Gasteiger partial charge in [0.1, 0.15) is 6.61 Å². The van der Waals surface area contributed by atoms with E-state index in [4.69, 9.17) is 4.84 Å². The van der Waals surface area contributed by atoms with Crippen LogP contribution in [-0.2, 0) is 4.84 Å². The normalized spacial score (nSPS) is 11.1. The lowest BCUT2D eigenvalue weighted by Gasteiger charge is -2.05. The summed E-state index contributed by atoms with van der Waals surface area (Å²) in [5.74, 6) is 0.0642. The van der Waals surface area contributed by atoms with E-state index in [2.05, 4.69) is 5.16 Å². The van der Waals surface area contributed by atoms with E-state index in [1.165, 1.54) is 0 Å². The molecule has 86 valence electrons. The average Bonchev–Trinajstić information content (AvgIpc) is 2.25. The van der Waals surface area contributed by atoms with Crippen LogP contribution in [0.5, 0.6) is 0 Å². The monoisotopic (exact) mass is 224 g/mol. The number of hydrogen-bond donors (Lipinski definition) is 1. The molecule has 0 saturated heterocycles. The highest BCUT2D eigenvalue weighted by atomic mass is 19.1. The van der Waals surface area contributed by atoms with Gasteiger partial charge in [-0.3, -0.25) is 5.32 Å². The van der Waals surface area contributed by atoms with E-state index in [1.54, 1.807) is 19.1 Å². The van der Waals surface area contributed by atoms with Crippen LogP contribution < -0.4 is 5.32 Å². The minimum atomic E-state index is -1.67. The second kappa shape index (κ2) is 5.85. The second-order valence-electron chi connectivity index (χ2n) is 3.12. The van der Waals surface area contributed by atoms with Crippen molar-refractivity contribution in [3.8, 4) is 0 Å². The zero-order valence-corrected chi connectivity index (χ0v) is 9.16. The summed E-state index contributed by atoms with van der Waals surface area (Å²) in [5.41, 5.74) is 1.65. The molecule has 0 spiro atoms. The molecular formula is C11H13FN2O2. The zero-order chi connectivity index (χ0) is 12.0. The van der Waals surface area contributed by atoms with Gasteiger partial charge in [-0.2, -0.15) is 0 Å². The first kappa shape index (κ1) is 12.2. The maximum absolute atomic E-state index is 12.3. The summed E-state index contributed by atoms with van der Waals surface area (Å²) in [7, 11) is 0. The number of amidine groups is 1. The van der Waals surface area contributed by atoms with Crippen molar-refractivity contribution in [1.82, 2.24) is 5.32 Å². The largest absolute Gasteiger partial charge is 0.403 e. The quantitative estimate of drug-likeness (QED) is 0.282. The van der Waals surface area contributed by atoms with Gasteiger partial charge in [0.2, 0.25) is 0 Å². The molecule has 0 radical (unpaired) electrons. The Morgan fingerprint density at radius 2 is 2.06 bits per heavy atom. The molecule has 0 fully saturated rings. The SMILES string of the molecule is CCO/N=C(/NC(=O)F)c1ccc(C)cc1. The molecule has 4 nitrogen and oxygen atoms in total. The Hall–Kier alpha value is -1.91. The van der Waals surface area contributed by atoms with E-state index >= 15 is 0 Å². The van der Waals surface area contributed by atoms with Crippen LogP contribution in [0.3, 0.4) is 0 Å². The number of halogens is 1. The van der Waals surface area contributed by atoms with E-state index in [9.17, 15) is 9.18 Å². The molecule has 1 aromatic rings. The Morgan fingerprint density at radius 1 is 1.44 bits per heavy atom. The first-order valence-corrected chi connectivity index (χ1v) is 4.87. The summed E-state index contributed by atoms with van der Waals surface area (Å²) in [6.07, 6.45) is -1.67. The molecule has 0 aliphatic rings. The number of carbonyl (C=O) groups is 1. The smallest absolute Gasteiger partial charge is 0.394 e. The fourth-order valence-corrected chi connectivity index (χ4v) is 1.08. The van der Waals surface area contributed by atoms with Crippen molar-refractivity contribution in [2.24, 2.45) is 5.16 Å². The Balaban J connectivity index is 2.91. The summed E-state index contributed by atoms with van der Waals surface area (Å²) in [6.45, 7) is 4.02. The fourth-order valence-electron chi connectivity index (χ4n) is 1.08. The van der Waals surface area contributed by atoms with Gasteiger partial charge in [-0.15, -0.1) is 4.39 Å². The molecule has 0 heterocycles. The number of amides is 1. The number of hydrogen-bond acceptors (Lipinski definition) is 3. The molecule has 16 heavy (non-hydrogen) atoms. The van der Waals surface area contributed by atoms with Crippen LogP contribution >= 0.6 is 0 Å². The van der Waals surface area contributed by atoms with Crippen LogP contribution in [-0.4, -0.2) is 18.6 Å². The molecule has 0 unspecified atom stereocenters. The van der Waals surface area contributed by atoms with Crippen LogP contribution in [0, 0.1) is 6.92 Å². The molecule has 5 heteroatoms. The van der Waals surface area contributed by atoms with Crippen molar-refractivity contribution >= 4 is 12.0 Å². The van der Waals surface area contributed by atoms with E-state index in [0.717, 1.165) is 5.56 Å². The Morgan fingerprint density at radius 3 is 2.56 bits per heavy atom. The van der Waals surface area contributed by atoms with E-state index in [0.29, 0.717) is 12.2 Å². The number of oxime groups is 1. The third-order valence-electron chi connectivity index (χ3n) is 1.83. The van der Waals surface area contributed by atoms with Crippen LogP contribution in [0.15, 0.2) is 29.4 Å². The van der Waals surface area contributed by atoms with Gasteiger partial charge in [-0.25, -0.2) is 4.79 Å². The van der Waals surface area contributed by atoms with Gasteiger partial charge in [0.25, 0.3) is 0 Å². The summed E-state index contributed by atoms with van der Waals surface area (Å²) in [5, 5.41) is 5.60. The molecule has 1 amide bonds. The van der Waals surface area contributed by atoms with E-state index in [-0.39, 0.29) is 5.84 Å². The van der Waals surface area contributed by atoms with Crippen LogP contribution in [0.2, 0.25) is 0 Å². The van der Waals surface area contributed by atoms with Gasteiger partial charge in [0.05, 0.1) is 0 Å². The predicted octanol–water partition coefficient (Wildman–Crippen LogP) is 2.37. The fraction of sp³-hybridized carbons (Fsp3) is 0.273. The highest BCUT2D eigenvalue weighted by Gasteiger charge is 2.07. The predicted molar refractivity (Wildman–Crippen MR) is 59.0 cm³/mol. The van der Waals surface area contributed by atoms with Crippen molar-refractivity contribution < 1.29 is 14.0 Å². The van der Waals surface area contributed by atoms with Gasteiger partial charge < -0.3 is 4.84 Å². The maximum Gasteiger partial charge on any atom is 0.403 e. The van der Waals surface area contributed by atoms with Gasteiger partial charge in [0.15, 0.2) is 5.84 Å². The third kappa shape index (κ3) is 3.68. The summed E-state index contributed by atoms with van der Waals surface area (Å²) >= 11 is 0. The third-order valence-corrected chi connectivity index (χ3v) is 1.83. The van der Waals surface area contributed by atoms with Crippen molar-refractivity contribution in [3.05, 3.63) is 35.4 Å². The van der Waals surface area contributed by atoms with Gasteiger partial charge in [0, 0.05) is 5.56 Å². The molecule has 0 aliphatic carbocycles. The van der Waals surface area contributed by atoms with Crippen molar-refractivity contribution in [2.75, 3.05) is 6.61 Å². The number of nitrogens with one attached hydrogen (secondary N) is 1. The Bertz CT molecular complexity index is 387. The molecule has 0 aromatic heterocycles. The van der Waals surface area contributed by atoms with E-state index in [1.807, 2.05) is 24.4 Å². The number of rotatable bonds is 3. The molecule has 0 saturated carbocycles. The molecule has 0 atom stereocenters. The molecule has 1 N–H and O–H groups in total. The molecular weight excluding hydrogens is 211 g/mol. The number of benzene rings is 1. The molecule has 0 aliphatic heterocycles. The highest BCUT2D eigenvalue weighted by molar-refractivity contribution is 6.05. The van der Waals surface area contributed by atoms with Crippen molar-refractivity contribution in [3.63, 3.8) is 0 Å². The second-order valence-corrected chi connectivity index (χ2v) is 3.12. The number of aryl methyl sites for hydroxylation is 1. The topological polar surface area (TPSA) is 50.7 Å². The standard InChI is InChI=1S/C11H13FN2O2/c1-3-16-14-10(13-11(12)15)9-6-4-8(2)5-7-9/h4-7H,3H2,1-2H3,(H,13,14,15). The lowest BCUT2D eigenvalue weighted by molar-refractivity contribution is 0.157. The van der Waals surface area contributed by atoms with Gasteiger partial charge in [-0.05, 0) is 13.8 Å². The summed E-state index contributed by atoms with van der Waals surface area (Å²) in [6, 6.07) is 7.12. The summed E-state index contributed by atoms with van der Waals surface area (Å²) < 4.78 is 12.3. The molecule has 1 rings (SSSR count). The maximum atomic E-state index is 12.3.